The summed E-state index contributed by atoms with van der Waals surface area (Å²) in [4.78, 5) is 66.4. The van der Waals surface area contributed by atoms with Crippen molar-refractivity contribution in [2.45, 2.75) is 13.8 Å². The summed E-state index contributed by atoms with van der Waals surface area (Å²) in [5, 5.41) is 2.47. The van der Waals surface area contributed by atoms with Crippen molar-refractivity contribution in [3.63, 3.8) is 0 Å². The van der Waals surface area contributed by atoms with Gasteiger partial charge in [0.1, 0.15) is 17.5 Å². The summed E-state index contributed by atoms with van der Waals surface area (Å²) in [5.74, 6) is -0.712. The van der Waals surface area contributed by atoms with Gasteiger partial charge >= 0.3 is 17.9 Å². The lowest BCUT2D eigenvalue weighted by Crippen LogP contribution is -2.17. The van der Waals surface area contributed by atoms with Crippen LogP contribution >= 0.6 is 9.39 Å². The van der Waals surface area contributed by atoms with E-state index in [0.717, 1.165) is 0 Å². The van der Waals surface area contributed by atoms with Crippen LogP contribution in [-0.4, -0.2) is 66.0 Å². The molecule has 40 heavy (non-hydrogen) atoms. The molecule has 15 heteroatoms. The standard InChI is InChI=1S/C9H11N2O3P.C9H10N2O3.C7H8N2O2/c1-6(12)11(15)8-5-7(3-4-10-8)9(13)14-2;1-6(12)11-8-5-7(3-4-10-8)9(13)14-2;1-11-7(10)5-2-3-9-6(8)4-5/h3-5H,15H2,1-2H3;3-5H,1-2H3,(H,10,11,12);2-4H,1H3,(H2,8,9). The van der Waals surface area contributed by atoms with E-state index in [1.54, 1.807) is 6.07 Å². The highest BCUT2D eigenvalue weighted by molar-refractivity contribution is 7.21. The van der Waals surface area contributed by atoms with Crippen LogP contribution in [0.1, 0.15) is 44.9 Å². The molecule has 0 spiro atoms. The van der Waals surface area contributed by atoms with Gasteiger partial charge in [0.05, 0.1) is 38.0 Å². The highest BCUT2D eigenvalue weighted by atomic mass is 31.0. The predicted molar refractivity (Wildman–Crippen MR) is 148 cm³/mol. The van der Waals surface area contributed by atoms with E-state index in [2.05, 4.69) is 43.9 Å². The number of esters is 3. The lowest BCUT2D eigenvalue weighted by Gasteiger charge is -2.13. The van der Waals surface area contributed by atoms with Gasteiger partial charge in [-0.05, 0) is 45.8 Å². The number of hydrogen-bond donors (Lipinski definition) is 2. The van der Waals surface area contributed by atoms with Crippen molar-refractivity contribution >= 4 is 56.6 Å². The maximum absolute atomic E-state index is 11.2. The van der Waals surface area contributed by atoms with Gasteiger partial charge in [-0.15, -0.1) is 0 Å². The van der Waals surface area contributed by atoms with Gasteiger partial charge in [0.25, 0.3) is 0 Å². The monoisotopic (exact) mass is 572 g/mol. The van der Waals surface area contributed by atoms with Crippen LogP contribution in [0.25, 0.3) is 0 Å². The summed E-state index contributed by atoms with van der Waals surface area (Å²) in [5.41, 5.74) is 6.46. The molecule has 0 saturated carbocycles. The van der Waals surface area contributed by atoms with Gasteiger partial charge in [-0.1, -0.05) is 0 Å². The number of hydrogen-bond acceptors (Lipinski definition) is 12. The number of carbonyl (C=O) groups is 5. The number of amides is 2. The molecule has 0 aromatic carbocycles. The van der Waals surface area contributed by atoms with Gasteiger partial charge in [-0.2, -0.15) is 0 Å². The largest absolute Gasteiger partial charge is 0.465 e. The topological polar surface area (TPSA) is 193 Å². The summed E-state index contributed by atoms with van der Waals surface area (Å²) in [6, 6.07) is 8.98. The van der Waals surface area contributed by atoms with E-state index < -0.39 is 17.9 Å². The van der Waals surface area contributed by atoms with Crippen LogP contribution in [0.15, 0.2) is 55.0 Å². The first kappa shape index (κ1) is 33.1. The Bertz CT molecular complexity index is 1350. The zero-order chi connectivity index (χ0) is 30.2. The van der Waals surface area contributed by atoms with E-state index in [1.807, 2.05) is 0 Å². The smallest absolute Gasteiger partial charge is 0.338 e. The maximum Gasteiger partial charge on any atom is 0.338 e. The van der Waals surface area contributed by atoms with Crippen molar-refractivity contribution < 1.29 is 38.2 Å². The van der Waals surface area contributed by atoms with Gasteiger partial charge in [0.15, 0.2) is 0 Å². The average Bonchev–Trinajstić information content (AvgIpc) is 2.95. The molecule has 0 saturated heterocycles. The zero-order valence-electron chi connectivity index (χ0n) is 22.4. The van der Waals surface area contributed by atoms with Gasteiger partial charge in [0, 0.05) is 32.4 Å². The Labute approximate surface area is 232 Å². The van der Waals surface area contributed by atoms with Gasteiger partial charge in [0.2, 0.25) is 11.8 Å². The molecule has 3 rings (SSSR count). The fraction of sp³-hybridized carbons (Fsp3) is 0.200. The molecular formula is C25H29N6O8P. The number of ether oxygens (including phenoxy) is 3. The van der Waals surface area contributed by atoms with Crippen molar-refractivity contribution in [2.24, 2.45) is 0 Å². The molecule has 0 bridgehead atoms. The van der Waals surface area contributed by atoms with E-state index in [0.29, 0.717) is 34.1 Å². The summed E-state index contributed by atoms with van der Waals surface area (Å²) in [7, 11) is 6.14. The minimum absolute atomic E-state index is 0.186. The molecule has 0 aliphatic heterocycles. The highest BCUT2D eigenvalue weighted by Crippen LogP contribution is 2.17. The molecule has 3 aromatic heterocycles. The lowest BCUT2D eigenvalue weighted by atomic mass is 10.2. The van der Waals surface area contributed by atoms with E-state index in [1.165, 1.54) is 88.8 Å². The number of pyridine rings is 3. The van der Waals surface area contributed by atoms with E-state index >= 15 is 0 Å². The molecule has 0 radical (unpaired) electrons. The van der Waals surface area contributed by atoms with Crippen LogP contribution in [0.5, 0.6) is 0 Å². The number of methoxy groups -OCH3 is 3. The Hall–Kier alpha value is -4.97. The van der Waals surface area contributed by atoms with Crippen LogP contribution in [0.3, 0.4) is 0 Å². The molecule has 1 atom stereocenters. The van der Waals surface area contributed by atoms with Crippen LogP contribution in [0.2, 0.25) is 0 Å². The zero-order valence-corrected chi connectivity index (χ0v) is 23.6. The molecule has 0 aliphatic carbocycles. The van der Waals surface area contributed by atoms with E-state index in [4.69, 9.17) is 5.73 Å². The molecule has 3 heterocycles. The third-order valence-electron chi connectivity index (χ3n) is 4.44. The van der Waals surface area contributed by atoms with E-state index in [-0.39, 0.29) is 11.8 Å². The molecular weight excluding hydrogens is 543 g/mol. The fourth-order valence-corrected chi connectivity index (χ4v) is 2.71. The van der Waals surface area contributed by atoms with Crippen molar-refractivity contribution in [2.75, 3.05) is 37.1 Å². The van der Waals surface area contributed by atoms with Crippen LogP contribution in [-0.2, 0) is 23.8 Å². The number of nitrogens with zero attached hydrogens (tertiary/aromatic N) is 4. The summed E-state index contributed by atoms with van der Waals surface area (Å²) >= 11 is 0. The first-order valence-corrected chi connectivity index (χ1v) is 11.7. The second-order valence-corrected chi connectivity index (χ2v) is 7.86. The SMILES string of the molecule is COC(=O)c1ccnc(N(P)C(C)=O)c1.COC(=O)c1ccnc(N)c1.COC(=O)c1ccnc(NC(C)=O)c1. The summed E-state index contributed by atoms with van der Waals surface area (Å²) < 4.78 is 14.8. The summed E-state index contributed by atoms with van der Waals surface area (Å²) in [6.45, 7) is 2.77. The average molecular weight is 573 g/mol. The second-order valence-electron chi connectivity index (χ2n) is 7.35. The molecule has 1 unspecified atom stereocenters. The van der Waals surface area contributed by atoms with Crippen molar-refractivity contribution in [1.29, 1.82) is 0 Å². The van der Waals surface area contributed by atoms with Crippen molar-refractivity contribution in [3.8, 4) is 0 Å². The maximum atomic E-state index is 11.2. The first-order chi connectivity index (χ1) is 18.9. The predicted octanol–water partition coefficient (Wildman–Crippen LogP) is 2.29. The molecule has 2 amide bonds. The van der Waals surface area contributed by atoms with E-state index in [9.17, 15) is 24.0 Å². The minimum atomic E-state index is -0.459. The number of nitrogen functional groups attached to an aromatic ring is 1. The Kier molecular flexibility index (Phi) is 13.9. The van der Waals surface area contributed by atoms with Gasteiger partial charge in [-0.25, -0.2) is 29.3 Å². The minimum Gasteiger partial charge on any atom is -0.465 e. The van der Waals surface area contributed by atoms with Gasteiger partial charge in [-0.3, -0.25) is 14.3 Å². The normalized spacial score (nSPS) is 9.35. The molecule has 14 nitrogen and oxygen atoms in total. The van der Waals surface area contributed by atoms with Crippen LogP contribution in [0, 0.1) is 0 Å². The Morgan fingerprint density at radius 2 is 1.20 bits per heavy atom. The molecule has 0 fully saturated rings. The number of anilines is 3. The van der Waals surface area contributed by atoms with Crippen molar-refractivity contribution in [1.82, 2.24) is 15.0 Å². The molecule has 0 aliphatic rings. The second kappa shape index (κ2) is 16.8. The van der Waals surface area contributed by atoms with Gasteiger partial charge < -0.3 is 25.3 Å². The quantitative estimate of drug-likeness (QED) is 0.258. The van der Waals surface area contributed by atoms with Crippen molar-refractivity contribution in [3.05, 3.63) is 71.7 Å². The number of aromatic nitrogens is 3. The van der Waals surface area contributed by atoms with Crippen LogP contribution < -0.4 is 15.7 Å². The Morgan fingerprint density at radius 1 is 0.750 bits per heavy atom. The number of rotatable bonds is 5. The number of nitrogens with one attached hydrogen (secondary N) is 1. The molecule has 3 aromatic rings. The van der Waals surface area contributed by atoms with Crippen LogP contribution in [0.4, 0.5) is 17.5 Å². The lowest BCUT2D eigenvalue weighted by molar-refractivity contribution is -0.115. The molecule has 3 N–H and O–H groups in total. The number of carbonyl (C=O) groups excluding carboxylic acids is 5. The third kappa shape index (κ3) is 11.2. The fourth-order valence-electron chi connectivity index (χ4n) is 2.57. The third-order valence-corrected chi connectivity index (χ3v) is 5.07. The summed E-state index contributed by atoms with van der Waals surface area (Å²) in [6.07, 6.45) is 4.33. The highest BCUT2D eigenvalue weighted by Gasteiger charge is 2.11. The Balaban J connectivity index is 0.000000304. The number of nitrogens with two attached hydrogens (primary N) is 1. The Morgan fingerprint density at radius 3 is 1.65 bits per heavy atom. The molecule has 212 valence electrons. The first-order valence-electron chi connectivity index (χ1n) is 11.1.